The molecule has 2 aromatic carbocycles. The summed E-state index contributed by atoms with van der Waals surface area (Å²) < 4.78 is 32.9. The van der Waals surface area contributed by atoms with Crippen molar-refractivity contribution in [3.63, 3.8) is 0 Å². The van der Waals surface area contributed by atoms with E-state index in [0.29, 0.717) is 22.7 Å². The molecule has 4 rings (SSSR count). The fourth-order valence-electron chi connectivity index (χ4n) is 2.96. The summed E-state index contributed by atoms with van der Waals surface area (Å²) in [5.74, 6) is -0.520. The lowest BCUT2D eigenvalue weighted by Gasteiger charge is -2.15. The molecule has 0 saturated carbocycles. The van der Waals surface area contributed by atoms with Crippen LogP contribution < -0.4 is 0 Å². The predicted molar refractivity (Wildman–Crippen MR) is 102 cm³/mol. The molecule has 0 N–H and O–H groups in total. The van der Waals surface area contributed by atoms with E-state index < -0.39 is 22.2 Å². The van der Waals surface area contributed by atoms with Gasteiger partial charge in [-0.15, -0.1) is 0 Å². The quantitative estimate of drug-likeness (QED) is 0.609. The first kappa shape index (κ1) is 18.0. The average Bonchev–Trinajstić information content (AvgIpc) is 3.14. The highest BCUT2D eigenvalue weighted by atomic mass is 32.2. The van der Waals surface area contributed by atoms with Crippen molar-refractivity contribution < 1.29 is 17.6 Å². The Morgan fingerprint density at radius 1 is 1.11 bits per heavy atom. The van der Waals surface area contributed by atoms with Crippen LogP contribution >= 0.6 is 11.8 Å². The van der Waals surface area contributed by atoms with Gasteiger partial charge in [-0.3, -0.25) is 4.79 Å². The number of hydrogen-bond donors (Lipinski definition) is 0. The highest BCUT2D eigenvalue weighted by Crippen LogP contribution is 2.30. The number of likely N-dealkylation sites (N-methyl/N-ethyl adjacent to an activating group) is 1. The van der Waals surface area contributed by atoms with Gasteiger partial charge in [-0.25, -0.2) is 9.29 Å². The van der Waals surface area contributed by atoms with Gasteiger partial charge in [0.05, 0.1) is 5.88 Å². The molecule has 140 valence electrons. The van der Waals surface area contributed by atoms with Crippen LogP contribution in [0.3, 0.4) is 0 Å². The van der Waals surface area contributed by atoms with Crippen molar-refractivity contribution in [2.24, 2.45) is 0 Å². The first-order valence-electron chi connectivity index (χ1n) is 8.28. The second-order valence-corrected chi connectivity index (χ2v) is 8.95. The third-order valence-corrected chi connectivity index (χ3v) is 7.28. The van der Waals surface area contributed by atoms with Gasteiger partial charge in [-0.1, -0.05) is 42.5 Å². The molecule has 1 unspecified atom stereocenters. The Kier molecular flexibility index (Phi) is 4.67. The second-order valence-electron chi connectivity index (χ2n) is 6.14. The second kappa shape index (κ2) is 6.99. The summed E-state index contributed by atoms with van der Waals surface area (Å²) in [4.78, 5) is 17.1. The lowest BCUT2D eigenvalue weighted by molar-refractivity contribution is -0.127. The zero-order valence-corrected chi connectivity index (χ0v) is 16.1. The molecule has 1 saturated heterocycles. The number of para-hydroxylation sites is 2. The van der Waals surface area contributed by atoms with E-state index in [4.69, 9.17) is 4.42 Å². The van der Waals surface area contributed by atoms with E-state index in [1.165, 1.54) is 7.05 Å². The molecule has 3 aromatic rings. The number of carbonyl (C=O) groups is 1. The maximum Gasteiger partial charge on any atom is 0.307 e. The molecule has 1 aliphatic heterocycles. The van der Waals surface area contributed by atoms with Crippen molar-refractivity contribution in [1.29, 1.82) is 0 Å². The number of amides is 1. The Bertz CT molecular complexity index is 1050. The number of thioether (sulfide) groups is 1. The minimum atomic E-state index is -3.86. The van der Waals surface area contributed by atoms with E-state index in [1.54, 1.807) is 6.07 Å². The number of carbonyl (C=O) groups excluding carboxylic acids is 1. The standard InChI is InChI=1S/C18H17N3O4S2/c1-20-15(11-13-7-3-2-4-8-13)17(22)21(27(20,23)24)12-26-18-19-14-9-5-6-10-16(14)25-18/h2-10,15H,11-12H2,1H3. The summed E-state index contributed by atoms with van der Waals surface area (Å²) in [6, 6.07) is 15.9. The summed E-state index contributed by atoms with van der Waals surface area (Å²) in [5, 5.41) is 0.327. The van der Waals surface area contributed by atoms with Crippen LogP contribution in [0.25, 0.3) is 11.1 Å². The van der Waals surface area contributed by atoms with Crippen molar-refractivity contribution in [1.82, 2.24) is 13.6 Å². The number of rotatable bonds is 5. The van der Waals surface area contributed by atoms with Crippen LogP contribution in [0.15, 0.2) is 64.2 Å². The van der Waals surface area contributed by atoms with Crippen molar-refractivity contribution in [3.8, 4) is 0 Å². The van der Waals surface area contributed by atoms with E-state index in [1.807, 2.05) is 48.5 Å². The Balaban J connectivity index is 1.52. The lowest BCUT2D eigenvalue weighted by Crippen LogP contribution is -2.33. The average molecular weight is 403 g/mol. The normalized spacial score (nSPS) is 19.8. The van der Waals surface area contributed by atoms with E-state index >= 15 is 0 Å². The zero-order chi connectivity index (χ0) is 19.0. The summed E-state index contributed by atoms with van der Waals surface area (Å²) in [5.41, 5.74) is 2.22. The molecular formula is C18H17N3O4S2. The monoisotopic (exact) mass is 403 g/mol. The fraction of sp³-hybridized carbons (Fsp3) is 0.222. The van der Waals surface area contributed by atoms with Crippen LogP contribution in [0.1, 0.15) is 5.56 Å². The molecule has 2 heterocycles. The SMILES string of the molecule is CN1C(Cc2ccccc2)C(=O)N(CSc2nc3ccccc3o2)S1(=O)=O. The molecule has 1 aliphatic rings. The molecule has 1 aromatic heterocycles. The van der Waals surface area contributed by atoms with Gasteiger partial charge in [0.25, 0.3) is 11.1 Å². The minimum Gasteiger partial charge on any atom is -0.431 e. The maximum absolute atomic E-state index is 12.8. The molecule has 1 fully saturated rings. The molecule has 0 bridgehead atoms. The Morgan fingerprint density at radius 3 is 2.56 bits per heavy atom. The largest absolute Gasteiger partial charge is 0.431 e. The van der Waals surface area contributed by atoms with Crippen molar-refractivity contribution in [2.45, 2.75) is 17.7 Å². The van der Waals surface area contributed by atoms with Gasteiger partial charge < -0.3 is 4.42 Å². The third kappa shape index (κ3) is 3.33. The fourth-order valence-corrected chi connectivity index (χ4v) is 5.47. The number of nitrogens with zero attached hydrogens (tertiary/aromatic N) is 3. The Morgan fingerprint density at radius 2 is 1.81 bits per heavy atom. The summed E-state index contributed by atoms with van der Waals surface area (Å²) >= 11 is 1.08. The van der Waals surface area contributed by atoms with Crippen LogP contribution in [0.5, 0.6) is 0 Å². The molecular weight excluding hydrogens is 386 g/mol. The molecule has 0 spiro atoms. The van der Waals surface area contributed by atoms with Crippen molar-refractivity contribution in [3.05, 3.63) is 60.2 Å². The van der Waals surface area contributed by atoms with Gasteiger partial charge in [0.1, 0.15) is 11.6 Å². The highest BCUT2D eigenvalue weighted by molar-refractivity contribution is 7.99. The van der Waals surface area contributed by atoms with E-state index in [0.717, 1.165) is 25.9 Å². The number of benzene rings is 2. The number of hydrogen-bond acceptors (Lipinski definition) is 6. The first-order valence-corrected chi connectivity index (χ1v) is 10.7. The van der Waals surface area contributed by atoms with Crippen LogP contribution in [-0.2, 0) is 21.4 Å². The smallest absolute Gasteiger partial charge is 0.307 e. The van der Waals surface area contributed by atoms with Crippen LogP contribution in [0.4, 0.5) is 0 Å². The molecule has 0 radical (unpaired) electrons. The van der Waals surface area contributed by atoms with E-state index in [-0.39, 0.29) is 5.88 Å². The van der Waals surface area contributed by atoms with E-state index in [9.17, 15) is 13.2 Å². The van der Waals surface area contributed by atoms with Crippen LogP contribution in [-0.4, -0.2) is 46.9 Å². The lowest BCUT2D eigenvalue weighted by atomic mass is 10.1. The summed E-state index contributed by atoms with van der Waals surface area (Å²) in [6.07, 6.45) is 0.333. The minimum absolute atomic E-state index is 0.0797. The number of aromatic nitrogens is 1. The molecule has 1 atom stereocenters. The molecule has 27 heavy (non-hydrogen) atoms. The van der Waals surface area contributed by atoms with Gasteiger partial charge in [0.2, 0.25) is 0 Å². The third-order valence-electron chi connectivity index (χ3n) is 4.46. The predicted octanol–water partition coefficient (Wildman–Crippen LogP) is 2.51. The van der Waals surface area contributed by atoms with Crippen LogP contribution in [0, 0.1) is 0 Å². The van der Waals surface area contributed by atoms with E-state index in [2.05, 4.69) is 4.98 Å². The molecule has 0 aliphatic carbocycles. The topological polar surface area (TPSA) is 83.7 Å². The summed E-state index contributed by atoms with van der Waals surface area (Å²) in [6.45, 7) is 0. The molecule has 9 heteroatoms. The van der Waals surface area contributed by atoms with Crippen LogP contribution in [0.2, 0.25) is 0 Å². The van der Waals surface area contributed by atoms with Gasteiger partial charge in [0, 0.05) is 7.05 Å². The molecule has 1 amide bonds. The van der Waals surface area contributed by atoms with Gasteiger partial charge in [-0.2, -0.15) is 12.7 Å². The highest BCUT2D eigenvalue weighted by Gasteiger charge is 2.48. The first-order chi connectivity index (χ1) is 13.0. The van der Waals surface area contributed by atoms with Gasteiger partial charge in [0.15, 0.2) is 5.58 Å². The van der Waals surface area contributed by atoms with Crippen molar-refractivity contribution in [2.75, 3.05) is 12.9 Å². The summed E-state index contributed by atoms with van der Waals surface area (Å²) in [7, 11) is -2.42. The Hall–Kier alpha value is -2.36. The van der Waals surface area contributed by atoms with Gasteiger partial charge in [-0.05, 0) is 35.9 Å². The number of oxazole rings is 1. The van der Waals surface area contributed by atoms with Crippen molar-refractivity contribution >= 4 is 39.0 Å². The zero-order valence-electron chi connectivity index (χ0n) is 14.5. The number of fused-ring (bicyclic) bond motifs is 1. The Labute approximate surface area is 161 Å². The maximum atomic E-state index is 12.8. The van der Waals surface area contributed by atoms with Gasteiger partial charge >= 0.3 is 10.2 Å². The molecule has 7 nitrogen and oxygen atoms in total.